The smallest absolute Gasteiger partial charge is 0.263 e. The molecule has 1 aliphatic carbocycles. The second-order valence-corrected chi connectivity index (χ2v) is 5.72. The summed E-state index contributed by atoms with van der Waals surface area (Å²) < 4.78 is 19.0. The van der Waals surface area contributed by atoms with Crippen molar-refractivity contribution >= 4 is 5.91 Å². The molecule has 4 heteroatoms. The van der Waals surface area contributed by atoms with Crippen LogP contribution in [0.3, 0.4) is 0 Å². The Bertz CT molecular complexity index is 566. The number of rotatable bonds is 3. The first-order valence-electron chi connectivity index (χ1n) is 7.55. The topological polar surface area (TPSA) is 29.5 Å². The van der Waals surface area contributed by atoms with Gasteiger partial charge in [-0.05, 0) is 44.7 Å². The van der Waals surface area contributed by atoms with E-state index in [2.05, 4.69) is 0 Å². The van der Waals surface area contributed by atoms with Crippen LogP contribution >= 0.6 is 0 Å². The first-order valence-corrected chi connectivity index (χ1v) is 7.55. The number of halogens is 1. The molecule has 1 saturated heterocycles. The highest BCUT2D eigenvalue weighted by molar-refractivity contribution is 5.81. The molecule has 112 valence electrons. The predicted molar refractivity (Wildman–Crippen MR) is 78.6 cm³/mol. The molecule has 1 heterocycles. The molecule has 0 radical (unpaired) electrons. The lowest BCUT2D eigenvalue weighted by Crippen LogP contribution is -2.43. The number of amides is 1. The average Bonchev–Trinajstić information content (AvgIpc) is 3.34. The summed E-state index contributed by atoms with van der Waals surface area (Å²) in [6.45, 7) is 3.19. The minimum absolute atomic E-state index is 0.0573. The summed E-state index contributed by atoms with van der Waals surface area (Å²) in [7, 11) is 0. The molecule has 1 aromatic carbocycles. The van der Waals surface area contributed by atoms with E-state index in [1.807, 2.05) is 4.90 Å². The van der Waals surface area contributed by atoms with Crippen LogP contribution in [0.4, 0.5) is 4.39 Å². The number of carbonyl (C=O) groups is 1. The number of nitrogens with zero attached hydrogens (tertiary/aromatic N) is 1. The van der Waals surface area contributed by atoms with Crippen molar-refractivity contribution in [1.82, 2.24) is 4.90 Å². The number of benzene rings is 1. The molecule has 2 fully saturated rings. The summed E-state index contributed by atoms with van der Waals surface area (Å²) in [6, 6.07) is 6.18. The number of allylic oxidation sites excluding steroid dienone is 1. The fourth-order valence-electron chi connectivity index (χ4n) is 2.80. The molecule has 1 unspecified atom stereocenters. The van der Waals surface area contributed by atoms with Gasteiger partial charge in [-0.3, -0.25) is 4.79 Å². The van der Waals surface area contributed by atoms with Gasteiger partial charge in [0.2, 0.25) is 0 Å². The fraction of sp³-hybridized carbons (Fsp3) is 0.471. The van der Waals surface area contributed by atoms with E-state index in [9.17, 15) is 9.18 Å². The van der Waals surface area contributed by atoms with Crippen LogP contribution in [0.25, 0.3) is 0 Å². The van der Waals surface area contributed by atoms with Gasteiger partial charge in [0.15, 0.2) is 17.7 Å². The molecule has 1 saturated carbocycles. The molecular weight excluding hydrogens is 269 g/mol. The van der Waals surface area contributed by atoms with E-state index < -0.39 is 11.9 Å². The van der Waals surface area contributed by atoms with Gasteiger partial charge in [-0.1, -0.05) is 23.3 Å². The highest BCUT2D eigenvalue weighted by Gasteiger charge is 2.27. The molecule has 1 aliphatic heterocycles. The van der Waals surface area contributed by atoms with Crippen molar-refractivity contribution in [3.05, 3.63) is 41.2 Å². The summed E-state index contributed by atoms with van der Waals surface area (Å²) in [4.78, 5) is 14.2. The monoisotopic (exact) mass is 289 g/mol. The molecule has 0 spiro atoms. The van der Waals surface area contributed by atoms with Gasteiger partial charge in [0.05, 0.1) is 0 Å². The molecular formula is C17H20FNO2. The summed E-state index contributed by atoms with van der Waals surface area (Å²) in [6.07, 6.45) is 3.80. The Kier molecular flexibility index (Phi) is 3.95. The van der Waals surface area contributed by atoms with Crippen molar-refractivity contribution in [1.29, 1.82) is 0 Å². The molecule has 21 heavy (non-hydrogen) atoms. The Balaban J connectivity index is 1.58. The summed E-state index contributed by atoms with van der Waals surface area (Å²) in [5.41, 5.74) is 3.14. The maximum absolute atomic E-state index is 13.5. The Labute approximate surface area is 124 Å². The number of carbonyl (C=O) groups excluding carboxylic acids is 1. The molecule has 1 atom stereocenters. The zero-order chi connectivity index (χ0) is 14.8. The minimum atomic E-state index is -0.656. The standard InChI is InChI=1S/C17H20FNO2/c1-12(21-16-5-3-2-4-15(16)18)17(20)19-10-8-14(9-11-19)13-6-7-13/h2-5,12H,6-11H2,1H3. The number of piperidine rings is 1. The van der Waals surface area contributed by atoms with Gasteiger partial charge in [-0.25, -0.2) is 4.39 Å². The number of ether oxygens (including phenoxy) is 1. The van der Waals surface area contributed by atoms with Gasteiger partial charge < -0.3 is 9.64 Å². The molecule has 0 bridgehead atoms. The number of likely N-dealkylation sites (tertiary alicyclic amines) is 1. The largest absolute Gasteiger partial charge is 0.478 e. The van der Waals surface area contributed by atoms with E-state index in [0.29, 0.717) is 0 Å². The summed E-state index contributed by atoms with van der Waals surface area (Å²) >= 11 is 0. The Morgan fingerprint density at radius 1 is 1.14 bits per heavy atom. The second kappa shape index (κ2) is 5.88. The maximum atomic E-state index is 13.5. The van der Waals surface area contributed by atoms with Crippen molar-refractivity contribution in [2.75, 3.05) is 13.1 Å². The van der Waals surface area contributed by atoms with Gasteiger partial charge in [0, 0.05) is 13.1 Å². The van der Waals surface area contributed by atoms with Gasteiger partial charge in [0.25, 0.3) is 5.91 Å². The van der Waals surface area contributed by atoms with E-state index in [-0.39, 0.29) is 11.7 Å². The Hall–Kier alpha value is -1.84. The molecule has 0 N–H and O–H groups in total. The normalized spacial score (nSPS) is 19.4. The molecule has 3 nitrogen and oxygen atoms in total. The van der Waals surface area contributed by atoms with Crippen LogP contribution in [0.5, 0.6) is 5.75 Å². The third-order valence-corrected chi connectivity index (χ3v) is 4.17. The van der Waals surface area contributed by atoms with Gasteiger partial charge >= 0.3 is 0 Å². The lowest BCUT2D eigenvalue weighted by Gasteiger charge is -2.30. The van der Waals surface area contributed by atoms with Crippen molar-refractivity contribution < 1.29 is 13.9 Å². The van der Waals surface area contributed by atoms with E-state index in [1.165, 1.54) is 18.9 Å². The predicted octanol–water partition coefficient (Wildman–Crippen LogP) is 3.31. The molecule has 1 aromatic rings. The van der Waals surface area contributed by atoms with Crippen molar-refractivity contribution in [2.24, 2.45) is 0 Å². The Morgan fingerprint density at radius 2 is 1.76 bits per heavy atom. The van der Waals surface area contributed by atoms with Crippen molar-refractivity contribution in [3.8, 4) is 5.75 Å². The van der Waals surface area contributed by atoms with Gasteiger partial charge in [-0.2, -0.15) is 0 Å². The van der Waals surface area contributed by atoms with Crippen molar-refractivity contribution in [3.63, 3.8) is 0 Å². The minimum Gasteiger partial charge on any atom is -0.478 e. The van der Waals surface area contributed by atoms with Gasteiger partial charge in [-0.15, -0.1) is 0 Å². The third kappa shape index (κ3) is 3.26. The maximum Gasteiger partial charge on any atom is 0.263 e. The zero-order valence-electron chi connectivity index (χ0n) is 12.3. The Morgan fingerprint density at radius 3 is 2.38 bits per heavy atom. The summed E-state index contributed by atoms with van der Waals surface area (Å²) in [5.74, 6) is -0.356. The van der Waals surface area contributed by atoms with Crippen LogP contribution in [0.1, 0.15) is 32.6 Å². The lowest BCUT2D eigenvalue weighted by atomic mass is 10.0. The number of hydrogen-bond donors (Lipinski definition) is 0. The molecule has 1 amide bonds. The van der Waals surface area contributed by atoms with Crippen LogP contribution in [0.15, 0.2) is 35.4 Å². The van der Waals surface area contributed by atoms with E-state index >= 15 is 0 Å². The van der Waals surface area contributed by atoms with Crippen LogP contribution in [-0.2, 0) is 4.79 Å². The van der Waals surface area contributed by atoms with Crippen LogP contribution in [0.2, 0.25) is 0 Å². The van der Waals surface area contributed by atoms with Crippen LogP contribution < -0.4 is 4.74 Å². The highest BCUT2D eigenvalue weighted by Crippen LogP contribution is 2.36. The zero-order valence-corrected chi connectivity index (χ0v) is 12.3. The molecule has 2 aliphatic rings. The van der Waals surface area contributed by atoms with Gasteiger partial charge in [0.1, 0.15) is 0 Å². The molecule has 0 aromatic heterocycles. The summed E-state index contributed by atoms with van der Waals surface area (Å²) in [5, 5.41) is 0. The van der Waals surface area contributed by atoms with Crippen molar-refractivity contribution in [2.45, 2.75) is 38.7 Å². The fourth-order valence-corrected chi connectivity index (χ4v) is 2.80. The van der Waals surface area contributed by atoms with E-state index in [1.54, 1.807) is 36.3 Å². The molecule has 3 rings (SSSR count). The average molecular weight is 289 g/mol. The van der Waals surface area contributed by atoms with E-state index in [0.717, 1.165) is 25.9 Å². The first-order chi connectivity index (χ1) is 10.1. The second-order valence-electron chi connectivity index (χ2n) is 5.72. The number of hydrogen-bond acceptors (Lipinski definition) is 2. The number of para-hydroxylation sites is 1. The highest BCUT2D eigenvalue weighted by atomic mass is 19.1. The van der Waals surface area contributed by atoms with E-state index in [4.69, 9.17) is 4.74 Å². The van der Waals surface area contributed by atoms with Crippen LogP contribution in [0, 0.1) is 5.82 Å². The quantitative estimate of drug-likeness (QED) is 0.799. The lowest BCUT2D eigenvalue weighted by molar-refractivity contribution is -0.138. The third-order valence-electron chi connectivity index (χ3n) is 4.17. The van der Waals surface area contributed by atoms with Crippen LogP contribution in [-0.4, -0.2) is 30.0 Å². The first kappa shape index (κ1) is 14.1. The SMILES string of the molecule is CC(Oc1ccccc1F)C(=O)N1CCC(=C2CC2)CC1.